The van der Waals surface area contributed by atoms with Gasteiger partial charge in [0.2, 0.25) is 5.91 Å². The van der Waals surface area contributed by atoms with Crippen LogP contribution in [0.25, 0.3) is 0 Å². The van der Waals surface area contributed by atoms with Crippen molar-refractivity contribution >= 4 is 33.9 Å². The number of amides is 1. The Labute approximate surface area is 164 Å². The number of hydrogen-bond donors (Lipinski definition) is 1. The maximum absolute atomic E-state index is 11.7. The van der Waals surface area contributed by atoms with Crippen LogP contribution < -0.4 is 68.9 Å². The van der Waals surface area contributed by atoms with E-state index in [2.05, 4.69) is 0 Å². The van der Waals surface area contributed by atoms with Gasteiger partial charge in [-0.2, -0.15) is 0 Å². The van der Waals surface area contributed by atoms with Crippen LogP contribution in [-0.2, 0) is 19.9 Å². The van der Waals surface area contributed by atoms with Crippen LogP contribution in [0.4, 0.5) is 0 Å². The van der Waals surface area contributed by atoms with Gasteiger partial charge in [0.05, 0.1) is 12.0 Å². The molecule has 102 valence electrons. The minimum atomic E-state index is -4.75. The number of carbonyl (C=O) groups excluding carboxylic acids is 2. The molecule has 0 radical (unpaired) electrons. The monoisotopic (exact) mass is 340 g/mol. The molecule has 0 aromatic heterocycles. The number of aliphatic carboxylic acids is 1. The van der Waals surface area contributed by atoms with Crippen LogP contribution in [0.2, 0.25) is 0 Å². The van der Waals surface area contributed by atoms with Crippen molar-refractivity contribution < 1.29 is 86.8 Å². The van der Waals surface area contributed by atoms with E-state index in [4.69, 9.17) is 0 Å². The molecule has 1 amide bonds. The summed E-state index contributed by atoms with van der Waals surface area (Å²) in [6.45, 7) is 3.24. The first kappa shape index (κ1) is 21.2. The molecule has 2 aliphatic heterocycles. The summed E-state index contributed by atoms with van der Waals surface area (Å²) in [6, 6.07) is -2.33. The molecule has 0 spiro atoms. The summed E-state index contributed by atoms with van der Waals surface area (Å²) in [6.07, 6.45) is 0. The predicted molar refractivity (Wildman–Crippen MR) is 57.7 cm³/mol. The van der Waals surface area contributed by atoms with Gasteiger partial charge in [0, 0.05) is 4.75 Å². The van der Waals surface area contributed by atoms with E-state index >= 15 is 0 Å². The predicted octanol–water partition coefficient (Wildman–Crippen LogP) is -8.78. The Morgan fingerprint density at radius 2 is 1.90 bits per heavy atom. The average Bonchev–Trinajstić information content (AvgIpc) is 2.42. The molecule has 2 aliphatic rings. The van der Waals surface area contributed by atoms with Gasteiger partial charge in [-0.1, -0.05) is 0 Å². The van der Waals surface area contributed by atoms with Gasteiger partial charge >= 0.3 is 59.1 Å². The van der Waals surface area contributed by atoms with E-state index in [1.807, 2.05) is 0 Å². The van der Waals surface area contributed by atoms with Gasteiger partial charge in [-0.25, -0.2) is 13.1 Å². The Bertz CT molecular complexity index is 525. The molecule has 8 nitrogen and oxygen atoms in total. The van der Waals surface area contributed by atoms with Gasteiger partial charge in [-0.15, -0.1) is 11.8 Å². The normalized spacial score (nSPS) is 30.6. The zero-order chi connectivity index (χ0) is 13.9. The summed E-state index contributed by atoms with van der Waals surface area (Å²) in [7, 11) is -4.75. The fourth-order valence-electron chi connectivity index (χ4n) is 2.26. The second kappa shape index (κ2) is 6.73. The van der Waals surface area contributed by atoms with E-state index in [1.54, 1.807) is 18.6 Å². The molecule has 12 heteroatoms. The molecule has 0 aliphatic carbocycles. The third-order valence-electron chi connectivity index (χ3n) is 2.94. The molecule has 2 rings (SSSR count). The molecule has 2 heterocycles. The molecule has 0 unspecified atom stereocenters. The zero-order valence-corrected chi connectivity index (χ0v) is 17.1. The van der Waals surface area contributed by atoms with Gasteiger partial charge in [0.15, 0.2) is 10.3 Å². The van der Waals surface area contributed by atoms with Crippen molar-refractivity contribution in [3.63, 3.8) is 0 Å². The van der Waals surface area contributed by atoms with E-state index < -0.39 is 44.4 Å². The zero-order valence-electron chi connectivity index (χ0n) is 11.4. The Morgan fingerprint density at radius 3 is 2.30 bits per heavy atom. The van der Waals surface area contributed by atoms with Gasteiger partial charge < -0.3 is 19.4 Å². The maximum atomic E-state index is 11.7. The molecule has 2 fully saturated rings. The SMILES string of the molecule is CC1(C)S[C@@H]2[C@H](NS(=O)(=O)[O-])C(=O)N2[C@H]1C(=O)[O-].[Na+].[Na+]. The summed E-state index contributed by atoms with van der Waals surface area (Å²) in [4.78, 5) is 23.7. The van der Waals surface area contributed by atoms with Gasteiger partial charge in [0.25, 0.3) is 0 Å². The number of fused-ring (bicyclic) bond motifs is 1. The number of nitrogens with one attached hydrogen (secondary N) is 1. The van der Waals surface area contributed by atoms with E-state index in [9.17, 15) is 27.7 Å². The molecule has 3 atom stereocenters. The van der Waals surface area contributed by atoms with Crippen molar-refractivity contribution in [2.75, 3.05) is 0 Å². The summed E-state index contributed by atoms with van der Waals surface area (Å²) in [5.41, 5.74) is 0. The van der Waals surface area contributed by atoms with E-state index in [1.165, 1.54) is 0 Å². The molecule has 0 aromatic rings. The van der Waals surface area contributed by atoms with Crippen molar-refractivity contribution in [2.24, 2.45) is 0 Å². The molecular weight excluding hydrogens is 330 g/mol. The maximum Gasteiger partial charge on any atom is 1.00 e. The molecule has 0 saturated carbocycles. The number of thioether (sulfide) groups is 1. The van der Waals surface area contributed by atoms with Crippen LogP contribution in [0.15, 0.2) is 0 Å². The summed E-state index contributed by atoms with van der Waals surface area (Å²) >= 11 is 1.12. The minimum absolute atomic E-state index is 0. The van der Waals surface area contributed by atoms with Crippen molar-refractivity contribution in [3.8, 4) is 0 Å². The van der Waals surface area contributed by atoms with Crippen LogP contribution in [0.3, 0.4) is 0 Å². The van der Waals surface area contributed by atoms with Crippen LogP contribution in [0.1, 0.15) is 13.8 Å². The average molecular weight is 340 g/mol. The first-order chi connectivity index (χ1) is 8.04. The van der Waals surface area contributed by atoms with Crippen molar-refractivity contribution in [1.29, 1.82) is 0 Å². The molecule has 2 saturated heterocycles. The molecule has 1 N–H and O–H groups in total. The summed E-state index contributed by atoms with van der Waals surface area (Å²) in [5, 5.41) is 10.3. The minimum Gasteiger partial charge on any atom is -0.735 e. The Morgan fingerprint density at radius 1 is 1.40 bits per heavy atom. The number of carboxylic acid groups (broad SMARTS) is 1. The van der Waals surface area contributed by atoms with Crippen LogP contribution in [-0.4, -0.2) is 52.0 Å². The number of rotatable bonds is 3. The molecule has 0 aromatic carbocycles. The summed E-state index contributed by atoms with van der Waals surface area (Å²) < 4.78 is 32.6. The second-order valence-electron chi connectivity index (χ2n) is 4.63. The van der Waals surface area contributed by atoms with Crippen molar-refractivity contribution in [3.05, 3.63) is 0 Å². The van der Waals surface area contributed by atoms with E-state index in [0.29, 0.717) is 0 Å². The number of β-lactam (4-membered cyclic amide) rings is 1. The van der Waals surface area contributed by atoms with Crippen LogP contribution in [0.5, 0.6) is 0 Å². The molecule has 0 bridgehead atoms. The smallest absolute Gasteiger partial charge is 0.735 e. The second-order valence-corrected chi connectivity index (χ2v) is 7.54. The summed E-state index contributed by atoms with van der Waals surface area (Å²) in [5.74, 6) is -2.11. The fraction of sp³-hybridized carbons (Fsp3) is 0.750. The number of carbonyl (C=O) groups is 2. The Balaban J connectivity index is 0.00000180. The topological polar surface area (TPSA) is 130 Å². The van der Waals surface area contributed by atoms with E-state index in [0.717, 1.165) is 16.7 Å². The molecular formula is C8H10N2Na2O6S2. The largest absolute Gasteiger partial charge is 1.00 e. The number of hydrogen-bond acceptors (Lipinski definition) is 7. The van der Waals surface area contributed by atoms with Crippen LogP contribution in [0, 0.1) is 0 Å². The van der Waals surface area contributed by atoms with Crippen molar-refractivity contribution in [1.82, 2.24) is 9.62 Å². The Kier molecular flexibility index (Phi) is 7.12. The first-order valence-electron chi connectivity index (χ1n) is 4.98. The fourth-order valence-corrected chi connectivity index (χ4v) is 4.51. The standard InChI is InChI=1S/C8H12N2O6S2.2Na/c1-8(2)4(7(12)13)10-5(11)3(6(10)17-8)9-18(14,15)16;;/h3-4,6,9H,1-2H3,(H,12,13)(H,14,15,16);;/q;2*+1/p-2/t3-,4+,6-;;/m1../s1. The van der Waals surface area contributed by atoms with E-state index in [-0.39, 0.29) is 59.1 Å². The van der Waals surface area contributed by atoms with Gasteiger partial charge in [-0.3, -0.25) is 4.79 Å². The number of nitrogens with zero attached hydrogens (tertiary/aromatic N) is 1. The number of carboxylic acids is 1. The third kappa shape index (κ3) is 3.73. The van der Waals surface area contributed by atoms with Crippen LogP contribution >= 0.6 is 11.8 Å². The van der Waals surface area contributed by atoms with Gasteiger partial charge in [-0.05, 0) is 13.8 Å². The third-order valence-corrected chi connectivity index (χ3v) is 5.05. The van der Waals surface area contributed by atoms with Crippen molar-refractivity contribution in [2.45, 2.75) is 36.1 Å². The van der Waals surface area contributed by atoms with Gasteiger partial charge in [0.1, 0.15) is 11.4 Å². The quantitative estimate of drug-likeness (QED) is 0.307. The first-order valence-corrected chi connectivity index (χ1v) is 7.27. The Hall–Kier alpha value is 1.16. The molecule has 20 heavy (non-hydrogen) atoms.